The van der Waals surface area contributed by atoms with Gasteiger partial charge in [0.15, 0.2) is 0 Å². The van der Waals surface area contributed by atoms with Crippen LogP contribution in [0.4, 0.5) is 0 Å². The molecule has 2 aliphatic rings. The van der Waals surface area contributed by atoms with Crippen molar-refractivity contribution in [1.29, 1.82) is 0 Å². The minimum atomic E-state index is -0.0385. The number of amides is 1. The van der Waals surface area contributed by atoms with Gasteiger partial charge in [-0.2, -0.15) is 5.10 Å². The van der Waals surface area contributed by atoms with E-state index in [4.69, 9.17) is 4.74 Å². The zero-order valence-corrected chi connectivity index (χ0v) is 14.8. The van der Waals surface area contributed by atoms with Crippen molar-refractivity contribution in [2.24, 2.45) is 5.92 Å². The van der Waals surface area contributed by atoms with Crippen molar-refractivity contribution in [3.63, 3.8) is 0 Å². The van der Waals surface area contributed by atoms with E-state index >= 15 is 0 Å². The lowest BCUT2D eigenvalue weighted by atomic mass is 9.86. The Morgan fingerprint density at radius 3 is 3.08 bits per heavy atom. The number of fused-ring (bicyclic) bond motifs is 1. The maximum absolute atomic E-state index is 13.1. The number of carbonyl (C=O) groups excluding carboxylic acids is 1. The van der Waals surface area contributed by atoms with Gasteiger partial charge in [0.2, 0.25) is 0 Å². The van der Waals surface area contributed by atoms with Gasteiger partial charge in [-0.15, -0.1) is 0 Å². The van der Waals surface area contributed by atoms with Gasteiger partial charge in [-0.3, -0.25) is 9.48 Å². The average Bonchev–Trinajstić information content (AvgIpc) is 3.22. The maximum atomic E-state index is 13.1. The highest BCUT2D eigenvalue weighted by atomic mass is 16.5. The fraction of sp³-hybridized carbons (Fsp3) is 0.526. The normalized spacial score (nSPS) is 21.7. The summed E-state index contributed by atoms with van der Waals surface area (Å²) in [4.78, 5) is 19.1. The molecule has 3 heterocycles. The Morgan fingerprint density at radius 2 is 2.28 bits per heavy atom. The van der Waals surface area contributed by atoms with Crippen molar-refractivity contribution in [3.8, 4) is 5.75 Å². The number of hydrogen-bond acceptors (Lipinski definition) is 4. The molecule has 6 heteroatoms. The second-order valence-corrected chi connectivity index (χ2v) is 7.73. The van der Waals surface area contributed by atoms with Crippen molar-refractivity contribution < 1.29 is 9.53 Å². The third kappa shape index (κ3) is 3.01. The molecule has 1 fully saturated rings. The van der Waals surface area contributed by atoms with E-state index in [1.54, 1.807) is 12.7 Å². The quantitative estimate of drug-likeness (QED) is 0.861. The van der Waals surface area contributed by atoms with Crippen LogP contribution in [-0.4, -0.2) is 45.3 Å². The molecule has 1 aromatic carbocycles. The van der Waals surface area contributed by atoms with Gasteiger partial charge in [0.1, 0.15) is 18.4 Å². The number of aromatic nitrogens is 3. The van der Waals surface area contributed by atoms with Crippen LogP contribution in [0.5, 0.6) is 5.75 Å². The lowest BCUT2D eigenvalue weighted by Gasteiger charge is -2.33. The molecule has 0 saturated carbocycles. The summed E-state index contributed by atoms with van der Waals surface area (Å²) in [6, 6.07) is 5.94. The highest BCUT2D eigenvalue weighted by molar-refractivity contribution is 5.97. The standard InChI is InChI=1S/C19H24N4O2/c1-19(2)11-25-17-15(6-3-7-16(17)19)18(24)22-8-4-5-14(9-22)10-23-13-20-12-21-23/h3,6-7,12-14H,4-5,8-11H2,1-2H3/t14-/m0/s1. The van der Waals surface area contributed by atoms with Crippen LogP contribution < -0.4 is 4.74 Å². The van der Waals surface area contributed by atoms with E-state index in [1.807, 2.05) is 21.7 Å². The Bertz CT molecular complexity index is 770. The van der Waals surface area contributed by atoms with E-state index in [0.717, 1.165) is 43.8 Å². The van der Waals surface area contributed by atoms with Crippen LogP contribution in [0.1, 0.15) is 42.6 Å². The van der Waals surface area contributed by atoms with Crippen molar-refractivity contribution >= 4 is 5.91 Å². The number of carbonyl (C=O) groups is 1. The number of hydrogen-bond donors (Lipinski definition) is 0. The molecule has 25 heavy (non-hydrogen) atoms. The summed E-state index contributed by atoms with van der Waals surface area (Å²) < 4.78 is 7.75. The fourth-order valence-electron chi connectivity index (χ4n) is 3.88. The molecule has 4 rings (SSSR count). The highest BCUT2D eigenvalue weighted by Crippen LogP contribution is 2.41. The van der Waals surface area contributed by atoms with E-state index in [1.165, 1.54) is 0 Å². The van der Waals surface area contributed by atoms with Crippen LogP contribution in [0.15, 0.2) is 30.9 Å². The minimum Gasteiger partial charge on any atom is -0.492 e. The Morgan fingerprint density at radius 1 is 1.40 bits per heavy atom. The molecule has 6 nitrogen and oxygen atoms in total. The van der Waals surface area contributed by atoms with E-state index in [2.05, 4.69) is 30.0 Å². The minimum absolute atomic E-state index is 0.0385. The molecular formula is C19H24N4O2. The first-order valence-corrected chi connectivity index (χ1v) is 8.92. The number of rotatable bonds is 3. The summed E-state index contributed by atoms with van der Waals surface area (Å²) in [5.74, 6) is 1.27. The number of likely N-dealkylation sites (tertiary alicyclic amines) is 1. The van der Waals surface area contributed by atoms with Gasteiger partial charge >= 0.3 is 0 Å². The van der Waals surface area contributed by atoms with Crippen molar-refractivity contribution in [2.45, 2.75) is 38.6 Å². The predicted molar refractivity (Wildman–Crippen MR) is 93.6 cm³/mol. The highest BCUT2D eigenvalue weighted by Gasteiger charge is 2.36. The molecular weight excluding hydrogens is 316 g/mol. The molecule has 1 amide bonds. The molecule has 0 aliphatic carbocycles. The van der Waals surface area contributed by atoms with Gasteiger partial charge in [0.05, 0.1) is 12.2 Å². The zero-order chi connectivity index (χ0) is 17.4. The maximum Gasteiger partial charge on any atom is 0.257 e. The molecule has 132 valence electrons. The predicted octanol–water partition coefficient (Wildman–Crippen LogP) is 2.50. The van der Waals surface area contributed by atoms with Crippen LogP contribution in [-0.2, 0) is 12.0 Å². The molecule has 1 atom stereocenters. The summed E-state index contributed by atoms with van der Waals surface area (Å²) in [5, 5.41) is 4.18. The van der Waals surface area contributed by atoms with Crippen LogP contribution in [0, 0.1) is 5.92 Å². The number of ether oxygens (including phenoxy) is 1. The lowest BCUT2D eigenvalue weighted by Crippen LogP contribution is -2.41. The number of para-hydroxylation sites is 1. The van der Waals surface area contributed by atoms with Gasteiger partial charge in [0, 0.05) is 30.6 Å². The summed E-state index contributed by atoms with van der Waals surface area (Å²) >= 11 is 0. The van der Waals surface area contributed by atoms with Crippen molar-refractivity contribution in [2.75, 3.05) is 19.7 Å². The summed E-state index contributed by atoms with van der Waals surface area (Å²) in [6.07, 6.45) is 5.42. The van der Waals surface area contributed by atoms with E-state index in [9.17, 15) is 4.79 Å². The van der Waals surface area contributed by atoms with Crippen LogP contribution in [0.2, 0.25) is 0 Å². The Kier molecular flexibility index (Phi) is 3.98. The number of nitrogens with zero attached hydrogens (tertiary/aromatic N) is 4. The van der Waals surface area contributed by atoms with Crippen LogP contribution in [0.3, 0.4) is 0 Å². The van der Waals surface area contributed by atoms with Gasteiger partial charge in [-0.05, 0) is 24.8 Å². The van der Waals surface area contributed by atoms with E-state index in [0.29, 0.717) is 18.1 Å². The molecule has 0 N–H and O–H groups in total. The van der Waals surface area contributed by atoms with E-state index in [-0.39, 0.29) is 11.3 Å². The fourth-order valence-corrected chi connectivity index (χ4v) is 3.88. The van der Waals surface area contributed by atoms with Gasteiger partial charge in [-0.1, -0.05) is 26.0 Å². The molecule has 0 radical (unpaired) electrons. The second kappa shape index (κ2) is 6.17. The lowest BCUT2D eigenvalue weighted by molar-refractivity contribution is 0.0656. The Labute approximate surface area is 147 Å². The monoisotopic (exact) mass is 340 g/mol. The largest absolute Gasteiger partial charge is 0.492 e. The Balaban J connectivity index is 1.52. The molecule has 1 aromatic heterocycles. The first-order valence-electron chi connectivity index (χ1n) is 8.92. The zero-order valence-electron chi connectivity index (χ0n) is 14.8. The topological polar surface area (TPSA) is 60.2 Å². The van der Waals surface area contributed by atoms with Crippen molar-refractivity contribution in [3.05, 3.63) is 42.0 Å². The Hall–Kier alpha value is -2.37. The third-order valence-corrected chi connectivity index (χ3v) is 5.27. The summed E-state index contributed by atoms with van der Waals surface area (Å²) in [5.41, 5.74) is 1.79. The summed E-state index contributed by atoms with van der Waals surface area (Å²) in [7, 11) is 0. The molecule has 0 spiro atoms. The molecule has 2 aromatic rings. The second-order valence-electron chi connectivity index (χ2n) is 7.73. The first-order chi connectivity index (χ1) is 12.0. The van der Waals surface area contributed by atoms with Crippen LogP contribution >= 0.6 is 0 Å². The third-order valence-electron chi connectivity index (χ3n) is 5.27. The SMILES string of the molecule is CC1(C)COc2c(C(=O)N3CCC[C@H](Cn4cncn4)C3)cccc21. The first kappa shape index (κ1) is 16.1. The summed E-state index contributed by atoms with van der Waals surface area (Å²) in [6.45, 7) is 7.30. The van der Waals surface area contributed by atoms with Crippen LogP contribution in [0.25, 0.3) is 0 Å². The molecule has 1 saturated heterocycles. The molecule has 0 unspecified atom stereocenters. The molecule has 2 aliphatic heterocycles. The smallest absolute Gasteiger partial charge is 0.257 e. The number of benzene rings is 1. The number of piperidine rings is 1. The average molecular weight is 340 g/mol. The van der Waals surface area contributed by atoms with Crippen molar-refractivity contribution in [1.82, 2.24) is 19.7 Å². The van der Waals surface area contributed by atoms with Gasteiger partial charge in [-0.25, -0.2) is 4.98 Å². The van der Waals surface area contributed by atoms with Gasteiger partial charge < -0.3 is 9.64 Å². The van der Waals surface area contributed by atoms with E-state index < -0.39 is 0 Å². The molecule has 0 bridgehead atoms. The van der Waals surface area contributed by atoms with Gasteiger partial charge in [0.25, 0.3) is 5.91 Å².